The van der Waals surface area contributed by atoms with Crippen molar-refractivity contribution in [3.8, 4) is 0 Å². The van der Waals surface area contributed by atoms with Crippen LogP contribution in [0.15, 0.2) is 0 Å². The molecule has 2 aliphatic rings. The molecule has 0 heterocycles. The van der Waals surface area contributed by atoms with Gasteiger partial charge in [-0.25, -0.2) is 0 Å². The van der Waals surface area contributed by atoms with Crippen molar-refractivity contribution < 1.29 is 0 Å². The van der Waals surface area contributed by atoms with Crippen LogP contribution in [0.3, 0.4) is 0 Å². The van der Waals surface area contributed by atoms with E-state index in [9.17, 15) is 0 Å². The summed E-state index contributed by atoms with van der Waals surface area (Å²) in [5.41, 5.74) is 0. The summed E-state index contributed by atoms with van der Waals surface area (Å²) in [5, 5.41) is 0. The van der Waals surface area contributed by atoms with Crippen molar-refractivity contribution in [2.45, 2.75) is 53.4 Å². The second-order valence-corrected chi connectivity index (χ2v) is 6.16. The molecule has 0 amide bonds. The summed E-state index contributed by atoms with van der Waals surface area (Å²) >= 11 is 0. The quantitative estimate of drug-likeness (QED) is 0.538. The van der Waals surface area contributed by atoms with E-state index in [1.165, 1.54) is 25.7 Å². The van der Waals surface area contributed by atoms with Crippen molar-refractivity contribution in [3.05, 3.63) is 0 Å². The zero-order valence-electron chi connectivity index (χ0n) is 10.3. The van der Waals surface area contributed by atoms with Gasteiger partial charge in [0.2, 0.25) is 0 Å². The first-order chi connectivity index (χ1) is 6.61. The first kappa shape index (κ1) is 10.5. The Morgan fingerprint density at radius 2 is 1.07 bits per heavy atom. The van der Waals surface area contributed by atoms with E-state index in [-0.39, 0.29) is 0 Å². The number of hydrogen-bond acceptors (Lipinski definition) is 0. The largest absolute Gasteiger partial charge is 0.0622 e. The van der Waals surface area contributed by atoms with Crippen LogP contribution in [0.4, 0.5) is 0 Å². The van der Waals surface area contributed by atoms with Gasteiger partial charge in [-0.05, 0) is 48.3 Å². The van der Waals surface area contributed by atoms with E-state index in [0.717, 1.165) is 35.5 Å². The van der Waals surface area contributed by atoms with Gasteiger partial charge in [-0.2, -0.15) is 0 Å². The number of rotatable bonds is 0. The number of hydrogen-bond donors (Lipinski definition) is 0. The SMILES string of the molecule is CC1CCC2CCC(C)C(C)C2C1C. The fraction of sp³-hybridized carbons (Fsp3) is 1.00. The van der Waals surface area contributed by atoms with E-state index < -0.39 is 0 Å². The standard InChI is InChI=1S/C14H26/c1-9-5-7-13-8-6-10(2)12(4)14(13)11(9)3/h9-14H,5-8H2,1-4H3. The fourth-order valence-electron chi connectivity index (χ4n) is 4.11. The molecule has 0 nitrogen and oxygen atoms in total. The Kier molecular flexibility index (Phi) is 2.91. The van der Waals surface area contributed by atoms with E-state index in [0.29, 0.717) is 0 Å². The molecule has 82 valence electrons. The van der Waals surface area contributed by atoms with Crippen LogP contribution in [0.5, 0.6) is 0 Å². The van der Waals surface area contributed by atoms with E-state index >= 15 is 0 Å². The summed E-state index contributed by atoms with van der Waals surface area (Å²) < 4.78 is 0. The summed E-state index contributed by atoms with van der Waals surface area (Å²) in [7, 11) is 0. The van der Waals surface area contributed by atoms with Crippen LogP contribution in [0, 0.1) is 35.5 Å². The molecule has 0 radical (unpaired) electrons. The fourth-order valence-corrected chi connectivity index (χ4v) is 4.11. The van der Waals surface area contributed by atoms with Gasteiger partial charge in [0, 0.05) is 0 Å². The second kappa shape index (κ2) is 3.87. The van der Waals surface area contributed by atoms with Crippen LogP contribution in [0.2, 0.25) is 0 Å². The van der Waals surface area contributed by atoms with Crippen LogP contribution < -0.4 is 0 Å². The normalized spacial score (nSPS) is 54.0. The molecule has 0 aromatic carbocycles. The first-order valence-corrected chi connectivity index (χ1v) is 6.61. The maximum atomic E-state index is 2.51. The third kappa shape index (κ3) is 1.61. The van der Waals surface area contributed by atoms with Gasteiger partial charge in [-0.3, -0.25) is 0 Å². The van der Waals surface area contributed by atoms with Gasteiger partial charge in [0.1, 0.15) is 0 Å². The third-order valence-corrected chi connectivity index (χ3v) is 5.54. The molecule has 2 rings (SSSR count). The molecule has 0 aromatic heterocycles. The minimum Gasteiger partial charge on any atom is -0.0622 e. The van der Waals surface area contributed by atoms with Crippen molar-refractivity contribution in [2.75, 3.05) is 0 Å². The lowest BCUT2D eigenvalue weighted by Gasteiger charge is -2.49. The van der Waals surface area contributed by atoms with Gasteiger partial charge in [0.15, 0.2) is 0 Å². The average Bonchev–Trinajstić information content (AvgIpc) is 2.17. The molecule has 0 heteroatoms. The highest BCUT2D eigenvalue weighted by atomic mass is 14.5. The topological polar surface area (TPSA) is 0 Å². The Morgan fingerprint density at radius 1 is 0.643 bits per heavy atom. The van der Waals surface area contributed by atoms with E-state index in [1.807, 2.05) is 0 Å². The van der Waals surface area contributed by atoms with Crippen molar-refractivity contribution in [1.82, 2.24) is 0 Å². The van der Waals surface area contributed by atoms with Gasteiger partial charge in [-0.15, -0.1) is 0 Å². The predicted molar refractivity (Wildman–Crippen MR) is 62.1 cm³/mol. The third-order valence-electron chi connectivity index (χ3n) is 5.54. The lowest BCUT2D eigenvalue weighted by atomic mass is 9.57. The zero-order chi connectivity index (χ0) is 10.3. The van der Waals surface area contributed by atoms with Crippen LogP contribution >= 0.6 is 0 Å². The predicted octanol–water partition coefficient (Wildman–Crippen LogP) is 4.35. The van der Waals surface area contributed by atoms with Crippen molar-refractivity contribution in [3.63, 3.8) is 0 Å². The maximum Gasteiger partial charge on any atom is -0.0329 e. The lowest BCUT2D eigenvalue weighted by Crippen LogP contribution is -2.41. The molecule has 0 bridgehead atoms. The van der Waals surface area contributed by atoms with Gasteiger partial charge >= 0.3 is 0 Å². The zero-order valence-corrected chi connectivity index (χ0v) is 10.3. The summed E-state index contributed by atoms with van der Waals surface area (Å²) in [6.45, 7) is 9.95. The Morgan fingerprint density at radius 3 is 1.50 bits per heavy atom. The van der Waals surface area contributed by atoms with Crippen LogP contribution in [0.25, 0.3) is 0 Å². The molecule has 0 N–H and O–H groups in total. The Balaban J connectivity index is 2.13. The molecule has 0 aromatic rings. The summed E-state index contributed by atoms with van der Waals surface area (Å²) in [4.78, 5) is 0. The van der Waals surface area contributed by atoms with Crippen molar-refractivity contribution in [1.29, 1.82) is 0 Å². The molecule has 0 saturated heterocycles. The highest BCUT2D eigenvalue weighted by Gasteiger charge is 2.41. The molecular formula is C14H26. The van der Waals surface area contributed by atoms with Crippen molar-refractivity contribution in [2.24, 2.45) is 35.5 Å². The monoisotopic (exact) mass is 194 g/mol. The van der Waals surface area contributed by atoms with Crippen LogP contribution in [0.1, 0.15) is 53.4 Å². The first-order valence-electron chi connectivity index (χ1n) is 6.61. The molecular weight excluding hydrogens is 168 g/mol. The van der Waals surface area contributed by atoms with Crippen LogP contribution in [-0.2, 0) is 0 Å². The molecule has 0 spiro atoms. The van der Waals surface area contributed by atoms with Gasteiger partial charge in [-0.1, -0.05) is 40.5 Å². The highest BCUT2D eigenvalue weighted by Crippen LogP contribution is 2.50. The molecule has 0 aliphatic heterocycles. The molecule has 2 saturated carbocycles. The summed E-state index contributed by atoms with van der Waals surface area (Å²) in [6.07, 6.45) is 6.02. The summed E-state index contributed by atoms with van der Waals surface area (Å²) in [5.74, 6) is 6.03. The molecule has 4 unspecified atom stereocenters. The highest BCUT2D eigenvalue weighted by molar-refractivity contribution is 4.91. The van der Waals surface area contributed by atoms with Crippen molar-refractivity contribution >= 4 is 0 Å². The van der Waals surface area contributed by atoms with E-state index in [1.54, 1.807) is 0 Å². The molecule has 2 aliphatic carbocycles. The second-order valence-electron chi connectivity index (χ2n) is 6.16. The minimum absolute atomic E-state index is 0.976. The molecule has 2 fully saturated rings. The van der Waals surface area contributed by atoms with Crippen LogP contribution in [-0.4, -0.2) is 0 Å². The lowest BCUT2D eigenvalue weighted by molar-refractivity contribution is 0.00539. The molecule has 4 atom stereocenters. The Hall–Kier alpha value is 0. The Bertz CT molecular complexity index is 173. The average molecular weight is 194 g/mol. The van der Waals surface area contributed by atoms with Gasteiger partial charge in [0.05, 0.1) is 0 Å². The molecule has 14 heavy (non-hydrogen) atoms. The van der Waals surface area contributed by atoms with Gasteiger partial charge in [0.25, 0.3) is 0 Å². The van der Waals surface area contributed by atoms with Gasteiger partial charge < -0.3 is 0 Å². The minimum atomic E-state index is 0.976. The van der Waals surface area contributed by atoms with E-state index in [2.05, 4.69) is 27.7 Å². The number of fused-ring (bicyclic) bond motifs is 1. The Labute approximate surface area is 89.5 Å². The maximum absolute atomic E-state index is 2.51. The summed E-state index contributed by atoms with van der Waals surface area (Å²) in [6, 6.07) is 0. The van der Waals surface area contributed by atoms with E-state index in [4.69, 9.17) is 0 Å². The smallest absolute Gasteiger partial charge is 0.0329 e.